The second-order valence-corrected chi connectivity index (χ2v) is 7.41. The number of carbonyl (C=O) groups is 1. The van der Waals surface area contributed by atoms with Gasteiger partial charge in [-0.25, -0.2) is 4.79 Å². The van der Waals surface area contributed by atoms with Crippen molar-refractivity contribution in [2.75, 3.05) is 106 Å². The SMILES string of the molecule is C=C(C)C(=O)OCCOCCOCCOCCOCCOCCOCCOC1CCNCC1. The lowest BCUT2D eigenvalue weighted by atomic mass is 10.1. The van der Waals surface area contributed by atoms with Crippen molar-refractivity contribution in [3.05, 3.63) is 12.2 Å². The molecule has 10 nitrogen and oxygen atoms in total. The van der Waals surface area contributed by atoms with Crippen molar-refractivity contribution in [2.45, 2.75) is 25.9 Å². The molecular formula is C23H43NO9. The second-order valence-electron chi connectivity index (χ2n) is 7.41. The fraction of sp³-hybridized carbons (Fsp3) is 0.870. The van der Waals surface area contributed by atoms with Gasteiger partial charge in [-0.1, -0.05) is 6.58 Å². The second kappa shape index (κ2) is 22.7. The van der Waals surface area contributed by atoms with E-state index in [0.717, 1.165) is 25.9 Å². The van der Waals surface area contributed by atoms with Crippen LogP contribution in [0.4, 0.5) is 0 Å². The summed E-state index contributed by atoms with van der Waals surface area (Å²) in [6.07, 6.45) is 2.53. The first-order valence-electron chi connectivity index (χ1n) is 11.8. The van der Waals surface area contributed by atoms with Crippen molar-refractivity contribution in [1.29, 1.82) is 0 Å². The van der Waals surface area contributed by atoms with E-state index >= 15 is 0 Å². The quantitative estimate of drug-likeness (QED) is 0.130. The average Bonchev–Trinajstić information content (AvgIpc) is 2.82. The molecule has 1 aliphatic rings. The van der Waals surface area contributed by atoms with Gasteiger partial charge in [0.25, 0.3) is 0 Å². The number of carbonyl (C=O) groups excluding carboxylic acids is 1. The third kappa shape index (κ3) is 20.0. The summed E-state index contributed by atoms with van der Waals surface area (Å²) in [5.74, 6) is -0.405. The topological polar surface area (TPSA) is 103 Å². The predicted molar refractivity (Wildman–Crippen MR) is 123 cm³/mol. The van der Waals surface area contributed by atoms with Crippen molar-refractivity contribution in [3.8, 4) is 0 Å². The third-order valence-electron chi connectivity index (χ3n) is 4.54. The van der Waals surface area contributed by atoms with Crippen LogP contribution in [0.5, 0.6) is 0 Å². The fourth-order valence-corrected chi connectivity index (χ4v) is 2.75. The van der Waals surface area contributed by atoms with E-state index < -0.39 is 5.97 Å². The molecular weight excluding hydrogens is 434 g/mol. The molecule has 0 aliphatic carbocycles. The predicted octanol–water partition coefficient (Wildman–Crippen LogP) is 0.974. The molecule has 33 heavy (non-hydrogen) atoms. The molecule has 1 rings (SSSR count). The first-order chi connectivity index (χ1) is 16.2. The van der Waals surface area contributed by atoms with E-state index in [1.165, 1.54) is 0 Å². The zero-order valence-electron chi connectivity index (χ0n) is 20.2. The Bertz CT molecular complexity index is 473. The van der Waals surface area contributed by atoms with Gasteiger partial charge in [-0.2, -0.15) is 0 Å². The van der Waals surface area contributed by atoms with E-state index in [4.69, 9.17) is 37.9 Å². The summed E-state index contributed by atoms with van der Waals surface area (Å²) in [6, 6.07) is 0. The Balaban J connectivity index is 1.65. The lowest BCUT2D eigenvalue weighted by Gasteiger charge is -2.22. The summed E-state index contributed by atoms with van der Waals surface area (Å²) in [5, 5.41) is 3.32. The van der Waals surface area contributed by atoms with Crippen LogP contribution in [0.3, 0.4) is 0 Å². The number of hydrogen-bond acceptors (Lipinski definition) is 10. The van der Waals surface area contributed by atoms with E-state index in [1.54, 1.807) is 6.92 Å². The number of ether oxygens (including phenoxy) is 8. The zero-order valence-corrected chi connectivity index (χ0v) is 20.2. The van der Waals surface area contributed by atoms with Gasteiger partial charge in [-0.15, -0.1) is 0 Å². The summed E-state index contributed by atoms with van der Waals surface area (Å²) < 4.78 is 43.2. The van der Waals surface area contributed by atoms with Gasteiger partial charge < -0.3 is 43.2 Å². The maximum absolute atomic E-state index is 11.1. The number of esters is 1. The molecule has 0 amide bonds. The van der Waals surface area contributed by atoms with Gasteiger partial charge >= 0.3 is 5.97 Å². The van der Waals surface area contributed by atoms with Gasteiger partial charge in [0.15, 0.2) is 0 Å². The highest BCUT2D eigenvalue weighted by Gasteiger charge is 2.12. The number of hydrogen-bond donors (Lipinski definition) is 1. The molecule has 0 saturated carbocycles. The Morgan fingerprint density at radius 1 is 0.667 bits per heavy atom. The van der Waals surface area contributed by atoms with Crippen LogP contribution in [-0.4, -0.2) is 118 Å². The number of piperidine rings is 1. The van der Waals surface area contributed by atoms with Crippen molar-refractivity contribution in [3.63, 3.8) is 0 Å². The Morgan fingerprint density at radius 2 is 1.03 bits per heavy atom. The standard InChI is InChI=1S/C23H43NO9/c1-21(2)23(25)33-20-18-31-16-14-29-12-10-27-8-7-26-9-11-28-13-15-30-17-19-32-22-3-5-24-6-4-22/h22,24H,1,3-20H2,2H3. The van der Waals surface area contributed by atoms with Crippen LogP contribution < -0.4 is 5.32 Å². The molecule has 0 aromatic carbocycles. The summed E-state index contributed by atoms with van der Waals surface area (Å²) in [6.45, 7) is 14.0. The zero-order chi connectivity index (χ0) is 23.8. The largest absolute Gasteiger partial charge is 0.460 e. The molecule has 0 unspecified atom stereocenters. The van der Waals surface area contributed by atoms with Crippen LogP contribution in [0.25, 0.3) is 0 Å². The summed E-state index contributed by atoms with van der Waals surface area (Å²) >= 11 is 0. The average molecular weight is 478 g/mol. The van der Waals surface area contributed by atoms with Crippen LogP contribution in [0.1, 0.15) is 19.8 Å². The minimum absolute atomic E-state index is 0.210. The Labute approximate surface area is 198 Å². The molecule has 1 N–H and O–H groups in total. The van der Waals surface area contributed by atoms with Gasteiger partial charge in [0.1, 0.15) is 6.61 Å². The van der Waals surface area contributed by atoms with E-state index in [2.05, 4.69) is 11.9 Å². The molecule has 1 fully saturated rings. The number of rotatable bonds is 23. The summed E-state index contributed by atoms with van der Waals surface area (Å²) in [4.78, 5) is 11.1. The Morgan fingerprint density at radius 3 is 1.42 bits per heavy atom. The molecule has 0 aromatic rings. The minimum atomic E-state index is -0.405. The molecule has 0 spiro atoms. The molecule has 10 heteroatoms. The van der Waals surface area contributed by atoms with Gasteiger partial charge in [0.05, 0.1) is 92.0 Å². The highest BCUT2D eigenvalue weighted by molar-refractivity contribution is 5.86. The van der Waals surface area contributed by atoms with Crippen LogP contribution >= 0.6 is 0 Å². The van der Waals surface area contributed by atoms with Gasteiger partial charge in [0.2, 0.25) is 0 Å². The van der Waals surface area contributed by atoms with Crippen molar-refractivity contribution in [1.82, 2.24) is 5.32 Å². The molecule has 1 heterocycles. The number of nitrogens with one attached hydrogen (secondary N) is 1. The normalized spacial score (nSPS) is 14.5. The molecule has 1 aliphatic heterocycles. The van der Waals surface area contributed by atoms with Crippen molar-refractivity contribution in [2.24, 2.45) is 0 Å². The van der Waals surface area contributed by atoms with Crippen molar-refractivity contribution < 1.29 is 42.7 Å². The highest BCUT2D eigenvalue weighted by Crippen LogP contribution is 2.06. The highest BCUT2D eigenvalue weighted by atomic mass is 16.6. The van der Waals surface area contributed by atoms with Gasteiger partial charge in [-0.3, -0.25) is 0 Å². The molecule has 0 aromatic heterocycles. The van der Waals surface area contributed by atoms with Crippen LogP contribution in [0, 0.1) is 0 Å². The lowest BCUT2D eigenvalue weighted by molar-refractivity contribution is -0.140. The van der Waals surface area contributed by atoms with E-state index in [-0.39, 0.29) is 6.61 Å². The minimum Gasteiger partial charge on any atom is -0.460 e. The van der Waals surface area contributed by atoms with E-state index in [9.17, 15) is 4.79 Å². The van der Waals surface area contributed by atoms with Crippen molar-refractivity contribution >= 4 is 5.97 Å². The molecule has 0 bridgehead atoms. The molecule has 0 radical (unpaired) electrons. The summed E-state index contributed by atoms with van der Waals surface area (Å²) in [5.41, 5.74) is 0.377. The summed E-state index contributed by atoms with van der Waals surface area (Å²) in [7, 11) is 0. The Hall–Kier alpha value is -1.11. The first kappa shape index (κ1) is 29.9. The fourth-order valence-electron chi connectivity index (χ4n) is 2.75. The first-order valence-corrected chi connectivity index (χ1v) is 11.8. The van der Waals surface area contributed by atoms with Gasteiger partial charge in [0, 0.05) is 5.57 Å². The monoisotopic (exact) mass is 477 g/mol. The van der Waals surface area contributed by atoms with Gasteiger partial charge in [-0.05, 0) is 32.9 Å². The lowest BCUT2D eigenvalue weighted by Crippen LogP contribution is -2.33. The van der Waals surface area contributed by atoms with Crippen LogP contribution in [0.15, 0.2) is 12.2 Å². The maximum Gasteiger partial charge on any atom is 0.333 e. The Kier molecular flexibility index (Phi) is 20.6. The molecule has 0 atom stereocenters. The molecule has 1 saturated heterocycles. The third-order valence-corrected chi connectivity index (χ3v) is 4.54. The van der Waals surface area contributed by atoms with Crippen LogP contribution in [0.2, 0.25) is 0 Å². The van der Waals surface area contributed by atoms with E-state index in [0.29, 0.717) is 97.6 Å². The smallest absolute Gasteiger partial charge is 0.333 e. The molecule has 194 valence electrons. The maximum atomic E-state index is 11.1. The van der Waals surface area contributed by atoms with Crippen LogP contribution in [-0.2, 0) is 42.7 Å². The van der Waals surface area contributed by atoms with E-state index in [1.807, 2.05) is 0 Å².